The van der Waals surface area contributed by atoms with Gasteiger partial charge in [0, 0.05) is 6.20 Å². The minimum Gasteiger partial charge on any atom is -0.260 e. The Labute approximate surface area is 132 Å². The van der Waals surface area contributed by atoms with E-state index >= 15 is 0 Å². The van der Waals surface area contributed by atoms with E-state index in [2.05, 4.69) is 30.7 Å². The first-order valence-electron chi connectivity index (χ1n) is 7.45. The Bertz CT molecular complexity index is 586. The van der Waals surface area contributed by atoms with Gasteiger partial charge in [0.15, 0.2) is 0 Å². The van der Waals surface area contributed by atoms with Crippen LogP contribution in [0.3, 0.4) is 0 Å². The fraction of sp³-hybridized carbons (Fsp3) is 0.600. The van der Waals surface area contributed by atoms with E-state index in [9.17, 15) is 0 Å². The molecule has 20 heavy (non-hydrogen) atoms. The molecule has 1 saturated carbocycles. The van der Waals surface area contributed by atoms with Crippen LogP contribution >= 0.6 is 27.5 Å². The van der Waals surface area contributed by atoms with Crippen LogP contribution in [0, 0.1) is 0 Å². The Kier molecular flexibility index (Phi) is 4.61. The van der Waals surface area contributed by atoms with Gasteiger partial charge < -0.3 is 0 Å². The molecular weight excluding hydrogens is 338 g/mol. The van der Waals surface area contributed by atoms with Gasteiger partial charge in [0.25, 0.3) is 0 Å². The number of halogens is 2. The van der Waals surface area contributed by atoms with Crippen LogP contribution in [-0.4, -0.2) is 14.8 Å². The smallest absolute Gasteiger partial charge is 0.141 e. The number of hydrogen-bond donors (Lipinski definition) is 0. The zero-order valence-corrected chi connectivity index (χ0v) is 13.8. The van der Waals surface area contributed by atoms with Crippen LogP contribution in [-0.2, 0) is 0 Å². The lowest BCUT2D eigenvalue weighted by molar-refractivity contribution is 0.392. The molecule has 0 radical (unpaired) electrons. The second-order valence-electron chi connectivity index (χ2n) is 5.58. The first-order chi connectivity index (χ1) is 9.77. The molecule has 2 aromatic heterocycles. The summed E-state index contributed by atoms with van der Waals surface area (Å²) in [6, 6.07) is 2.51. The lowest BCUT2D eigenvalue weighted by Crippen LogP contribution is -2.10. The van der Waals surface area contributed by atoms with Crippen molar-refractivity contribution < 1.29 is 0 Å². The third-order valence-electron chi connectivity index (χ3n) is 4.20. The van der Waals surface area contributed by atoms with E-state index < -0.39 is 0 Å². The van der Waals surface area contributed by atoms with Gasteiger partial charge in [-0.1, -0.05) is 50.1 Å². The van der Waals surface area contributed by atoms with E-state index in [1.165, 1.54) is 51.4 Å². The summed E-state index contributed by atoms with van der Waals surface area (Å²) in [4.78, 5) is 4.16. The fourth-order valence-corrected chi connectivity index (χ4v) is 4.06. The van der Waals surface area contributed by atoms with Crippen molar-refractivity contribution in [2.75, 3.05) is 0 Å². The number of hydrogen-bond acceptors (Lipinski definition) is 2. The first kappa shape index (κ1) is 14.3. The van der Waals surface area contributed by atoms with Crippen LogP contribution < -0.4 is 0 Å². The van der Waals surface area contributed by atoms with E-state index in [1.807, 2.05) is 6.07 Å². The Hall–Kier alpha value is -0.610. The molecule has 0 spiro atoms. The van der Waals surface area contributed by atoms with Gasteiger partial charge in [0.2, 0.25) is 0 Å². The third kappa shape index (κ3) is 2.86. The molecule has 0 aliphatic heterocycles. The minimum atomic E-state index is 0.486. The maximum absolute atomic E-state index is 6.20. The molecule has 0 bridgehead atoms. The summed E-state index contributed by atoms with van der Waals surface area (Å²) in [6.07, 6.45) is 12.2. The highest BCUT2D eigenvalue weighted by molar-refractivity contribution is 9.10. The van der Waals surface area contributed by atoms with Crippen molar-refractivity contribution in [1.29, 1.82) is 0 Å². The molecule has 2 aromatic rings. The van der Waals surface area contributed by atoms with Crippen molar-refractivity contribution in [3.8, 4) is 0 Å². The molecule has 1 fully saturated rings. The molecule has 108 valence electrons. The van der Waals surface area contributed by atoms with Crippen LogP contribution in [0.4, 0.5) is 0 Å². The number of rotatable bonds is 1. The largest absolute Gasteiger partial charge is 0.260 e. The van der Waals surface area contributed by atoms with E-state index in [1.54, 1.807) is 6.20 Å². The van der Waals surface area contributed by atoms with E-state index in [0.717, 1.165) is 15.5 Å². The third-order valence-corrected chi connectivity index (χ3v) is 5.04. The summed E-state index contributed by atoms with van der Waals surface area (Å²) in [6.45, 7) is 0. The van der Waals surface area contributed by atoms with Gasteiger partial charge in [-0.05, 0) is 34.8 Å². The molecule has 3 rings (SSSR count). The number of nitrogens with zero attached hydrogens (tertiary/aromatic N) is 3. The van der Waals surface area contributed by atoms with Crippen molar-refractivity contribution in [3.63, 3.8) is 0 Å². The van der Waals surface area contributed by atoms with Gasteiger partial charge >= 0.3 is 0 Å². The maximum atomic E-state index is 6.20. The minimum absolute atomic E-state index is 0.486. The van der Waals surface area contributed by atoms with Gasteiger partial charge in [-0.2, -0.15) is 5.10 Å². The van der Waals surface area contributed by atoms with Gasteiger partial charge in [-0.25, -0.2) is 4.98 Å². The molecule has 3 nitrogen and oxygen atoms in total. The second-order valence-corrected chi connectivity index (χ2v) is 6.69. The summed E-state index contributed by atoms with van der Waals surface area (Å²) in [5, 5.41) is 6.16. The quantitative estimate of drug-likeness (QED) is 0.630. The highest BCUT2D eigenvalue weighted by atomic mass is 79.9. The molecule has 2 heterocycles. The standard InChI is InChI=1S/C15H19BrClN3/c16-14-13-12(9-10-18-15(13)17)20(19-14)11-7-5-3-1-2-4-6-8-11/h9-11H,1-8H2. The van der Waals surface area contributed by atoms with Crippen molar-refractivity contribution in [1.82, 2.24) is 14.8 Å². The average Bonchev–Trinajstić information content (AvgIpc) is 2.83. The Morgan fingerprint density at radius 1 is 1.10 bits per heavy atom. The predicted molar refractivity (Wildman–Crippen MR) is 86.2 cm³/mol. The number of pyridine rings is 1. The Balaban J connectivity index is 1.97. The summed E-state index contributed by atoms with van der Waals surface area (Å²) >= 11 is 9.73. The van der Waals surface area contributed by atoms with Crippen LogP contribution in [0.2, 0.25) is 5.15 Å². The molecule has 0 saturated heterocycles. The lowest BCUT2D eigenvalue weighted by Gasteiger charge is -2.17. The van der Waals surface area contributed by atoms with Crippen molar-refractivity contribution in [2.24, 2.45) is 0 Å². The molecule has 1 aliphatic carbocycles. The predicted octanol–water partition coefficient (Wildman–Crippen LogP) is 5.52. The van der Waals surface area contributed by atoms with Crippen LogP contribution in [0.1, 0.15) is 57.4 Å². The monoisotopic (exact) mass is 355 g/mol. The summed E-state index contributed by atoms with van der Waals surface area (Å²) in [5.74, 6) is 0. The molecular formula is C15H19BrClN3. The second kappa shape index (κ2) is 6.44. The van der Waals surface area contributed by atoms with Gasteiger partial charge in [0.05, 0.1) is 16.9 Å². The highest BCUT2D eigenvalue weighted by Gasteiger charge is 2.19. The average molecular weight is 357 g/mol. The van der Waals surface area contributed by atoms with Crippen molar-refractivity contribution in [3.05, 3.63) is 22.0 Å². The molecule has 1 aliphatic rings. The van der Waals surface area contributed by atoms with Crippen molar-refractivity contribution in [2.45, 2.75) is 57.4 Å². The first-order valence-corrected chi connectivity index (χ1v) is 8.62. The highest BCUT2D eigenvalue weighted by Crippen LogP contribution is 2.34. The lowest BCUT2D eigenvalue weighted by atomic mass is 10.1. The SMILES string of the molecule is Clc1nccc2c1c(Br)nn2C1CCCCCCCC1. The van der Waals surface area contributed by atoms with Gasteiger partial charge in [-0.3, -0.25) is 4.68 Å². The Morgan fingerprint density at radius 3 is 2.45 bits per heavy atom. The van der Waals surface area contributed by atoms with Gasteiger partial charge in [-0.15, -0.1) is 0 Å². The van der Waals surface area contributed by atoms with E-state index in [4.69, 9.17) is 11.6 Å². The summed E-state index contributed by atoms with van der Waals surface area (Å²) in [5.41, 5.74) is 1.10. The fourth-order valence-electron chi connectivity index (χ4n) is 3.14. The molecule has 0 aromatic carbocycles. The number of aromatic nitrogens is 3. The van der Waals surface area contributed by atoms with Crippen LogP contribution in [0.15, 0.2) is 16.9 Å². The van der Waals surface area contributed by atoms with Crippen LogP contribution in [0.5, 0.6) is 0 Å². The molecule has 0 N–H and O–H groups in total. The van der Waals surface area contributed by atoms with Crippen molar-refractivity contribution >= 4 is 38.4 Å². The normalized spacial score (nSPS) is 18.7. The van der Waals surface area contributed by atoms with Crippen LogP contribution in [0.25, 0.3) is 10.9 Å². The summed E-state index contributed by atoms with van der Waals surface area (Å²) in [7, 11) is 0. The number of fused-ring (bicyclic) bond motifs is 1. The molecule has 0 unspecified atom stereocenters. The molecule has 0 amide bonds. The molecule has 0 atom stereocenters. The Morgan fingerprint density at radius 2 is 1.75 bits per heavy atom. The topological polar surface area (TPSA) is 30.7 Å². The summed E-state index contributed by atoms with van der Waals surface area (Å²) < 4.78 is 2.98. The molecule has 5 heteroatoms. The maximum Gasteiger partial charge on any atom is 0.141 e. The van der Waals surface area contributed by atoms with E-state index in [-0.39, 0.29) is 0 Å². The zero-order valence-electron chi connectivity index (χ0n) is 11.5. The van der Waals surface area contributed by atoms with Gasteiger partial charge in [0.1, 0.15) is 9.76 Å². The van der Waals surface area contributed by atoms with E-state index in [0.29, 0.717) is 11.2 Å². The zero-order chi connectivity index (χ0) is 13.9.